The SMILES string of the molecule is CCCCN1C(=O)[C@@H]2C(C(=O)Nc3ccc(Oc4ccccc4)cc3)[C@@H]3C=CC2(O3)C1C(=O)NC1CCCCC1. The van der Waals surface area contributed by atoms with Crippen molar-refractivity contribution < 1.29 is 23.9 Å². The van der Waals surface area contributed by atoms with Gasteiger partial charge in [0.2, 0.25) is 17.7 Å². The lowest BCUT2D eigenvalue weighted by Crippen LogP contribution is -2.56. The standard InChI is InChI=1S/C32H37N3O5/c1-2-3-20-35-28(30(37)34-21-10-6-4-7-11-21)32-19-18-25(40-32)26(27(32)31(35)38)29(36)33-22-14-16-24(17-15-22)39-23-12-8-5-9-13-23/h5,8-9,12-19,21,25-28H,2-4,6-7,10-11,20H2,1H3,(H,33,36)(H,34,37)/t25-,26?,27-,28?,32?/m0/s1. The Morgan fingerprint density at radius 1 is 1.00 bits per heavy atom. The van der Waals surface area contributed by atoms with Crippen molar-refractivity contribution in [3.05, 3.63) is 66.7 Å². The van der Waals surface area contributed by atoms with E-state index in [2.05, 4.69) is 17.6 Å². The predicted octanol–water partition coefficient (Wildman–Crippen LogP) is 4.82. The summed E-state index contributed by atoms with van der Waals surface area (Å²) in [5.41, 5.74) is -0.519. The summed E-state index contributed by atoms with van der Waals surface area (Å²) >= 11 is 0. The van der Waals surface area contributed by atoms with E-state index < -0.39 is 29.6 Å². The average Bonchev–Trinajstić information content (AvgIpc) is 3.61. The van der Waals surface area contributed by atoms with Gasteiger partial charge in [0.25, 0.3) is 0 Å². The third kappa shape index (κ3) is 4.79. The predicted molar refractivity (Wildman–Crippen MR) is 151 cm³/mol. The van der Waals surface area contributed by atoms with Gasteiger partial charge in [-0.2, -0.15) is 0 Å². The number of benzene rings is 2. The minimum Gasteiger partial charge on any atom is -0.457 e. The first-order chi connectivity index (χ1) is 19.5. The molecule has 2 aromatic rings. The highest BCUT2D eigenvalue weighted by atomic mass is 16.5. The smallest absolute Gasteiger partial charge is 0.246 e. The molecular weight excluding hydrogens is 506 g/mol. The van der Waals surface area contributed by atoms with Crippen LogP contribution in [0.5, 0.6) is 11.5 Å². The number of likely N-dealkylation sites (tertiary alicyclic amines) is 1. The summed E-state index contributed by atoms with van der Waals surface area (Å²) in [7, 11) is 0. The molecule has 0 aromatic heterocycles. The van der Waals surface area contributed by atoms with Gasteiger partial charge in [0, 0.05) is 18.3 Å². The van der Waals surface area contributed by atoms with Crippen LogP contribution in [0, 0.1) is 11.8 Å². The lowest BCUT2D eigenvalue weighted by atomic mass is 9.74. The third-order valence-corrected chi connectivity index (χ3v) is 8.73. The molecule has 1 spiro atoms. The Kier molecular flexibility index (Phi) is 7.36. The Morgan fingerprint density at radius 2 is 1.73 bits per heavy atom. The molecule has 1 aliphatic carbocycles. The molecule has 3 unspecified atom stereocenters. The number of fused-ring (bicyclic) bond motifs is 1. The fourth-order valence-electron chi connectivity index (χ4n) is 6.82. The van der Waals surface area contributed by atoms with E-state index in [1.165, 1.54) is 6.42 Å². The van der Waals surface area contributed by atoms with Gasteiger partial charge in [-0.1, -0.05) is 63.0 Å². The van der Waals surface area contributed by atoms with E-state index in [0.717, 1.165) is 44.3 Å². The second-order valence-electron chi connectivity index (χ2n) is 11.4. The van der Waals surface area contributed by atoms with Crippen LogP contribution >= 0.6 is 0 Å². The molecular formula is C32H37N3O5. The highest BCUT2D eigenvalue weighted by molar-refractivity contribution is 6.02. The zero-order valence-electron chi connectivity index (χ0n) is 22.9. The highest BCUT2D eigenvalue weighted by Crippen LogP contribution is 2.55. The van der Waals surface area contributed by atoms with Crippen molar-refractivity contribution in [2.24, 2.45) is 11.8 Å². The number of nitrogens with one attached hydrogen (secondary N) is 2. The molecule has 3 aliphatic heterocycles. The Balaban J connectivity index is 1.20. The number of para-hydroxylation sites is 1. The second kappa shape index (κ2) is 11.1. The number of carbonyl (C=O) groups excluding carboxylic acids is 3. The van der Waals surface area contributed by atoms with E-state index in [4.69, 9.17) is 9.47 Å². The van der Waals surface area contributed by atoms with Crippen LogP contribution in [-0.2, 0) is 19.1 Å². The van der Waals surface area contributed by atoms with Crippen LogP contribution in [0.25, 0.3) is 0 Å². The van der Waals surface area contributed by atoms with Crippen LogP contribution in [-0.4, -0.2) is 53.0 Å². The zero-order valence-corrected chi connectivity index (χ0v) is 22.9. The van der Waals surface area contributed by atoms with Crippen molar-refractivity contribution >= 4 is 23.4 Å². The van der Waals surface area contributed by atoms with Crippen LogP contribution in [0.4, 0.5) is 5.69 Å². The van der Waals surface area contributed by atoms with Crippen LogP contribution in [0.3, 0.4) is 0 Å². The van der Waals surface area contributed by atoms with Gasteiger partial charge in [0.05, 0.1) is 17.9 Å². The molecule has 3 amide bonds. The molecule has 2 saturated heterocycles. The van der Waals surface area contributed by atoms with Gasteiger partial charge in [-0.25, -0.2) is 0 Å². The molecule has 8 nitrogen and oxygen atoms in total. The number of hydrogen-bond acceptors (Lipinski definition) is 5. The summed E-state index contributed by atoms with van der Waals surface area (Å²) in [5, 5.41) is 6.20. The summed E-state index contributed by atoms with van der Waals surface area (Å²) < 4.78 is 12.3. The number of anilines is 1. The summed E-state index contributed by atoms with van der Waals surface area (Å²) in [4.78, 5) is 43.0. The molecule has 6 rings (SSSR count). The van der Waals surface area contributed by atoms with E-state index >= 15 is 0 Å². The molecule has 0 radical (unpaired) electrons. The van der Waals surface area contributed by atoms with Crippen molar-refractivity contribution in [1.29, 1.82) is 0 Å². The molecule has 2 N–H and O–H groups in total. The Morgan fingerprint density at radius 3 is 2.45 bits per heavy atom. The lowest BCUT2D eigenvalue weighted by Gasteiger charge is -2.34. The van der Waals surface area contributed by atoms with Gasteiger partial charge in [0.15, 0.2) is 0 Å². The van der Waals surface area contributed by atoms with E-state index in [0.29, 0.717) is 18.0 Å². The molecule has 5 atom stereocenters. The maximum atomic E-state index is 13.9. The summed E-state index contributed by atoms with van der Waals surface area (Å²) in [6, 6.07) is 16.0. The molecule has 4 aliphatic rings. The van der Waals surface area contributed by atoms with Crippen molar-refractivity contribution in [3.8, 4) is 11.5 Å². The summed E-state index contributed by atoms with van der Waals surface area (Å²) in [6.07, 6.45) is 10.2. The van der Waals surface area contributed by atoms with Gasteiger partial charge in [-0.3, -0.25) is 14.4 Å². The number of rotatable bonds is 9. The number of ether oxygens (including phenoxy) is 2. The zero-order chi connectivity index (χ0) is 27.7. The quantitative estimate of drug-likeness (QED) is 0.442. The van der Waals surface area contributed by atoms with Crippen molar-refractivity contribution in [1.82, 2.24) is 10.2 Å². The van der Waals surface area contributed by atoms with Gasteiger partial charge in [0.1, 0.15) is 23.1 Å². The summed E-state index contributed by atoms with van der Waals surface area (Å²) in [5.74, 6) is -0.690. The first-order valence-corrected chi connectivity index (χ1v) is 14.6. The molecule has 210 valence electrons. The van der Waals surface area contributed by atoms with Gasteiger partial charge >= 0.3 is 0 Å². The molecule has 1 saturated carbocycles. The topological polar surface area (TPSA) is 97.0 Å². The second-order valence-corrected chi connectivity index (χ2v) is 11.4. The van der Waals surface area contributed by atoms with E-state index in [1.807, 2.05) is 42.5 Å². The Bertz CT molecular complexity index is 1270. The van der Waals surface area contributed by atoms with Crippen LogP contribution in [0.15, 0.2) is 66.7 Å². The van der Waals surface area contributed by atoms with Crippen LogP contribution < -0.4 is 15.4 Å². The Labute approximate surface area is 235 Å². The van der Waals surface area contributed by atoms with Gasteiger partial charge < -0.3 is 25.0 Å². The largest absolute Gasteiger partial charge is 0.457 e. The first kappa shape index (κ1) is 26.6. The van der Waals surface area contributed by atoms with Gasteiger partial charge in [-0.15, -0.1) is 0 Å². The first-order valence-electron chi connectivity index (χ1n) is 14.6. The molecule has 8 heteroatoms. The van der Waals surface area contributed by atoms with E-state index in [9.17, 15) is 14.4 Å². The van der Waals surface area contributed by atoms with Crippen molar-refractivity contribution in [3.63, 3.8) is 0 Å². The Hall–Kier alpha value is -3.65. The molecule has 40 heavy (non-hydrogen) atoms. The molecule has 2 bridgehead atoms. The normalized spacial score (nSPS) is 28.9. The maximum absolute atomic E-state index is 13.9. The fraction of sp³-hybridized carbons (Fsp3) is 0.469. The van der Waals surface area contributed by atoms with Crippen LogP contribution in [0.2, 0.25) is 0 Å². The lowest BCUT2D eigenvalue weighted by molar-refractivity contribution is -0.141. The minimum absolute atomic E-state index is 0.121. The minimum atomic E-state index is -1.12. The maximum Gasteiger partial charge on any atom is 0.246 e. The van der Waals surface area contributed by atoms with E-state index in [1.54, 1.807) is 29.2 Å². The van der Waals surface area contributed by atoms with Crippen LogP contribution in [0.1, 0.15) is 51.9 Å². The highest BCUT2D eigenvalue weighted by Gasteiger charge is 2.72. The monoisotopic (exact) mass is 543 g/mol. The average molecular weight is 544 g/mol. The molecule has 3 fully saturated rings. The van der Waals surface area contributed by atoms with Crippen molar-refractivity contribution in [2.45, 2.75) is 75.7 Å². The van der Waals surface area contributed by atoms with Crippen molar-refractivity contribution in [2.75, 3.05) is 11.9 Å². The number of hydrogen-bond donors (Lipinski definition) is 2. The molecule has 3 heterocycles. The summed E-state index contributed by atoms with van der Waals surface area (Å²) in [6.45, 7) is 2.53. The number of nitrogens with zero attached hydrogens (tertiary/aromatic N) is 1. The number of amides is 3. The number of unbranched alkanes of at least 4 members (excludes halogenated alkanes) is 1. The van der Waals surface area contributed by atoms with E-state index in [-0.39, 0.29) is 23.8 Å². The fourth-order valence-corrected chi connectivity index (χ4v) is 6.82. The molecule has 2 aromatic carbocycles. The third-order valence-electron chi connectivity index (χ3n) is 8.73. The van der Waals surface area contributed by atoms with Gasteiger partial charge in [-0.05, 0) is 55.7 Å². The number of carbonyl (C=O) groups is 3.